The molecule has 0 unspecified atom stereocenters. The number of rotatable bonds is 4. The quantitative estimate of drug-likeness (QED) is 0.616. The first-order chi connectivity index (χ1) is 8.82. The van der Waals surface area contributed by atoms with Crippen molar-refractivity contribution in [2.45, 2.75) is 23.9 Å². The molecule has 0 fully saturated rings. The molecule has 0 aliphatic heterocycles. The summed E-state index contributed by atoms with van der Waals surface area (Å²) in [5.41, 5.74) is 0. The molecule has 0 amide bonds. The lowest BCUT2D eigenvalue weighted by molar-refractivity contribution is -0.391. The molecule has 0 saturated heterocycles. The molecular formula is C6HF11O3S. The van der Waals surface area contributed by atoms with Gasteiger partial charge in [0.15, 0.2) is 0 Å². The van der Waals surface area contributed by atoms with Gasteiger partial charge in [-0.3, -0.25) is 4.55 Å². The van der Waals surface area contributed by atoms with E-state index in [1.54, 1.807) is 0 Å². The van der Waals surface area contributed by atoms with E-state index in [-0.39, 0.29) is 0 Å². The predicted molar refractivity (Wildman–Crippen MR) is 41.7 cm³/mol. The Balaban J connectivity index is 6.28. The SMILES string of the molecule is O=S(=O)(O)/C(F)=C(\F)C(F)(F)C(F)(F)C(F)(F)C(F)(F)F. The molecule has 0 bridgehead atoms. The lowest BCUT2D eigenvalue weighted by Gasteiger charge is -2.32. The fourth-order valence-electron chi connectivity index (χ4n) is 0.750. The van der Waals surface area contributed by atoms with Crippen LogP contribution in [0.4, 0.5) is 48.3 Å². The highest BCUT2D eigenvalue weighted by Crippen LogP contribution is 2.55. The zero-order chi connectivity index (χ0) is 17.7. The number of hydrogen-bond acceptors (Lipinski definition) is 2. The monoisotopic (exact) mass is 362 g/mol. The van der Waals surface area contributed by atoms with E-state index in [1.165, 1.54) is 0 Å². The molecule has 0 aromatic heterocycles. The van der Waals surface area contributed by atoms with E-state index in [1.807, 2.05) is 0 Å². The molecule has 0 aliphatic carbocycles. The lowest BCUT2D eigenvalue weighted by atomic mass is 10.0. The van der Waals surface area contributed by atoms with Crippen molar-refractivity contribution in [2.24, 2.45) is 0 Å². The summed E-state index contributed by atoms with van der Waals surface area (Å²) in [7, 11) is -6.53. The first-order valence-corrected chi connectivity index (χ1v) is 5.49. The molecule has 0 radical (unpaired) electrons. The van der Waals surface area contributed by atoms with Crippen LogP contribution in [0.25, 0.3) is 0 Å². The van der Waals surface area contributed by atoms with Gasteiger partial charge in [-0.05, 0) is 0 Å². The van der Waals surface area contributed by atoms with Crippen molar-refractivity contribution < 1.29 is 61.3 Å². The van der Waals surface area contributed by atoms with Gasteiger partial charge >= 0.3 is 34.1 Å². The maximum atomic E-state index is 12.6. The van der Waals surface area contributed by atoms with Crippen LogP contribution in [0.1, 0.15) is 0 Å². The van der Waals surface area contributed by atoms with E-state index < -0.39 is 45.0 Å². The molecule has 21 heavy (non-hydrogen) atoms. The Morgan fingerprint density at radius 2 is 1.10 bits per heavy atom. The smallest absolute Gasteiger partial charge is 0.280 e. The van der Waals surface area contributed by atoms with Gasteiger partial charge in [0, 0.05) is 0 Å². The molecule has 1 N–H and O–H groups in total. The predicted octanol–water partition coefficient (Wildman–Crippen LogP) is 3.45. The number of hydrogen-bond donors (Lipinski definition) is 1. The van der Waals surface area contributed by atoms with Gasteiger partial charge in [-0.2, -0.15) is 52.3 Å². The third-order valence-corrected chi connectivity index (χ3v) is 2.45. The highest BCUT2D eigenvalue weighted by atomic mass is 32.2. The zero-order valence-corrected chi connectivity index (χ0v) is 9.65. The molecule has 0 saturated carbocycles. The summed E-state index contributed by atoms with van der Waals surface area (Å²) in [6.45, 7) is 0. The van der Waals surface area contributed by atoms with Crippen molar-refractivity contribution in [3.8, 4) is 0 Å². The number of halogens is 11. The number of allylic oxidation sites excluding steroid dienone is 1. The summed E-state index contributed by atoms with van der Waals surface area (Å²) < 4.78 is 162. The van der Waals surface area contributed by atoms with Gasteiger partial charge in [0.1, 0.15) is 0 Å². The first-order valence-electron chi connectivity index (χ1n) is 4.05. The second-order valence-electron chi connectivity index (χ2n) is 3.28. The van der Waals surface area contributed by atoms with Crippen LogP contribution in [0.5, 0.6) is 0 Å². The second-order valence-corrected chi connectivity index (χ2v) is 4.59. The molecule has 126 valence electrons. The second kappa shape index (κ2) is 4.96. The minimum atomic E-state index is -7.59. The molecular weight excluding hydrogens is 361 g/mol. The Kier molecular flexibility index (Phi) is 4.70. The molecule has 0 aromatic rings. The largest absolute Gasteiger partial charge is 0.460 e. The minimum Gasteiger partial charge on any atom is -0.280 e. The lowest BCUT2D eigenvalue weighted by Crippen LogP contribution is -2.61. The van der Waals surface area contributed by atoms with Crippen molar-refractivity contribution in [3.05, 3.63) is 11.0 Å². The minimum absolute atomic E-state index is 4.04. The third kappa shape index (κ3) is 3.07. The Hall–Kier alpha value is -1.12. The zero-order valence-electron chi connectivity index (χ0n) is 8.83. The van der Waals surface area contributed by atoms with Crippen LogP contribution in [-0.4, -0.2) is 36.9 Å². The van der Waals surface area contributed by atoms with Crippen LogP contribution >= 0.6 is 0 Å². The summed E-state index contributed by atoms with van der Waals surface area (Å²) in [4.78, 5) is 0. The molecule has 0 aromatic carbocycles. The van der Waals surface area contributed by atoms with Crippen molar-refractivity contribution in [3.63, 3.8) is 0 Å². The van der Waals surface area contributed by atoms with E-state index in [0.717, 1.165) is 0 Å². The maximum absolute atomic E-state index is 12.6. The topological polar surface area (TPSA) is 54.4 Å². The van der Waals surface area contributed by atoms with E-state index in [2.05, 4.69) is 0 Å². The van der Waals surface area contributed by atoms with Crippen LogP contribution in [0.3, 0.4) is 0 Å². The molecule has 0 rings (SSSR count). The van der Waals surface area contributed by atoms with Gasteiger partial charge in [0.2, 0.25) is 5.83 Å². The highest BCUT2D eigenvalue weighted by molar-refractivity contribution is 7.89. The summed E-state index contributed by atoms with van der Waals surface area (Å²) in [5, 5.41) is -4.04. The van der Waals surface area contributed by atoms with Gasteiger partial charge < -0.3 is 0 Å². The Morgan fingerprint density at radius 1 is 0.762 bits per heavy atom. The van der Waals surface area contributed by atoms with Crippen LogP contribution in [0, 0.1) is 0 Å². The van der Waals surface area contributed by atoms with Gasteiger partial charge in [-0.1, -0.05) is 0 Å². The molecule has 0 atom stereocenters. The fraction of sp³-hybridized carbons (Fsp3) is 0.667. The maximum Gasteiger partial charge on any atom is 0.460 e. The van der Waals surface area contributed by atoms with E-state index in [0.29, 0.717) is 0 Å². The normalized spacial score (nSPS) is 16.8. The Morgan fingerprint density at radius 3 is 1.33 bits per heavy atom. The average molecular weight is 362 g/mol. The molecule has 15 heteroatoms. The summed E-state index contributed by atoms with van der Waals surface area (Å²) in [5.74, 6) is -26.9. The fourth-order valence-corrected chi connectivity index (χ4v) is 1.10. The molecule has 0 spiro atoms. The van der Waals surface area contributed by atoms with Gasteiger partial charge in [-0.25, -0.2) is 4.39 Å². The van der Waals surface area contributed by atoms with Crippen LogP contribution in [0.2, 0.25) is 0 Å². The van der Waals surface area contributed by atoms with Crippen molar-refractivity contribution >= 4 is 10.1 Å². The van der Waals surface area contributed by atoms with E-state index >= 15 is 0 Å². The third-order valence-electron chi connectivity index (χ3n) is 1.82. The van der Waals surface area contributed by atoms with Crippen LogP contribution in [-0.2, 0) is 10.1 Å². The molecule has 0 aliphatic rings. The Bertz CT molecular complexity index is 543. The molecule has 3 nitrogen and oxygen atoms in total. The standard InChI is InChI=1S/C6HF11O3S/c7-1(2(8)21(18,19)20)3(9,10)4(11,12)5(13,14)6(15,16)17/h(H,18,19,20)/b2-1-. The van der Waals surface area contributed by atoms with Crippen molar-refractivity contribution in [1.29, 1.82) is 0 Å². The summed E-state index contributed by atoms with van der Waals surface area (Å²) in [6.07, 6.45) is -7.30. The van der Waals surface area contributed by atoms with E-state index in [9.17, 15) is 56.7 Å². The number of alkyl halides is 9. The Labute approximate surface area is 107 Å². The van der Waals surface area contributed by atoms with E-state index in [4.69, 9.17) is 4.55 Å². The summed E-state index contributed by atoms with van der Waals surface area (Å²) >= 11 is 0. The van der Waals surface area contributed by atoms with Crippen LogP contribution in [0.15, 0.2) is 11.0 Å². The van der Waals surface area contributed by atoms with Crippen LogP contribution < -0.4 is 0 Å². The highest BCUT2D eigenvalue weighted by Gasteiger charge is 2.83. The first kappa shape index (κ1) is 19.9. The van der Waals surface area contributed by atoms with Gasteiger partial charge in [-0.15, -0.1) is 0 Å². The average Bonchev–Trinajstić information content (AvgIpc) is 2.23. The van der Waals surface area contributed by atoms with Crippen molar-refractivity contribution in [1.82, 2.24) is 0 Å². The van der Waals surface area contributed by atoms with Crippen molar-refractivity contribution in [2.75, 3.05) is 0 Å². The molecule has 0 heterocycles. The van der Waals surface area contributed by atoms with Gasteiger partial charge in [0.05, 0.1) is 0 Å². The van der Waals surface area contributed by atoms with Gasteiger partial charge in [0.25, 0.3) is 5.16 Å². The summed E-state index contributed by atoms with van der Waals surface area (Å²) in [6, 6.07) is 0.